The number of hydrogen-bond donors (Lipinski definition) is 0. The maximum Gasteiger partial charge on any atom is 0.501 e. The average molecular weight is 254 g/mol. The standard InChI is InChI=1S/C10H13F3O2S/c1-5-6(2)8(4)9(7(5)3)16(14,15)10(11,12)13/h7H,1-4H3. The average Bonchev–Trinajstić information content (AvgIpc) is 2.29. The van der Waals surface area contributed by atoms with Crippen LogP contribution in [0.4, 0.5) is 13.2 Å². The van der Waals surface area contributed by atoms with Crippen LogP contribution in [-0.4, -0.2) is 13.9 Å². The molecule has 0 saturated carbocycles. The van der Waals surface area contributed by atoms with Crippen molar-refractivity contribution in [3.8, 4) is 0 Å². The van der Waals surface area contributed by atoms with E-state index in [1.807, 2.05) is 0 Å². The van der Waals surface area contributed by atoms with Gasteiger partial charge in [0, 0.05) is 5.92 Å². The molecule has 0 heterocycles. The summed E-state index contributed by atoms with van der Waals surface area (Å²) in [6.07, 6.45) is 0. The van der Waals surface area contributed by atoms with Crippen LogP contribution in [0.3, 0.4) is 0 Å². The zero-order chi connectivity index (χ0) is 12.9. The molecule has 6 heteroatoms. The van der Waals surface area contributed by atoms with E-state index >= 15 is 0 Å². The fraction of sp³-hybridized carbons (Fsp3) is 0.600. The molecule has 1 unspecified atom stereocenters. The summed E-state index contributed by atoms with van der Waals surface area (Å²) in [5.41, 5.74) is -3.68. The first-order valence-electron chi connectivity index (χ1n) is 4.71. The number of halogens is 3. The quantitative estimate of drug-likeness (QED) is 0.720. The van der Waals surface area contributed by atoms with Gasteiger partial charge in [0.1, 0.15) is 0 Å². The molecule has 0 aromatic carbocycles. The highest BCUT2D eigenvalue weighted by molar-refractivity contribution is 7.96. The van der Waals surface area contributed by atoms with E-state index in [9.17, 15) is 21.6 Å². The zero-order valence-electron chi connectivity index (χ0n) is 9.44. The van der Waals surface area contributed by atoms with Gasteiger partial charge < -0.3 is 0 Å². The lowest BCUT2D eigenvalue weighted by molar-refractivity contribution is -0.0428. The predicted octanol–water partition coefficient (Wildman–Crippen LogP) is 3.18. The molecule has 1 atom stereocenters. The highest BCUT2D eigenvalue weighted by Crippen LogP contribution is 2.44. The van der Waals surface area contributed by atoms with Crippen LogP contribution < -0.4 is 0 Å². The molecule has 0 aromatic rings. The molecule has 1 aliphatic carbocycles. The molecule has 1 rings (SSSR count). The van der Waals surface area contributed by atoms with E-state index in [1.165, 1.54) is 13.8 Å². The summed E-state index contributed by atoms with van der Waals surface area (Å²) in [4.78, 5) is -0.505. The van der Waals surface area contributed by atoms with Gasteiger partial charge in [-0.2, -0.15) is 13.2 Å². The molecule has 0 spiro atoms. The molecule has 0 amide bonds. The summed E-state index contributed by atoms with van der Waals surface area (Å²) < 4.78 is 60.0. The number of sulfone groups is 1. The summed E-state index contributed by atoms with van der Waals surface area (Å²) in [7, 11) is -5.20. The Bertz CT molecular complexity index is 481. The molecule has 0 N–H and O–H groups in total. The van der Waals surface area contributed by atoms with Crippen molar-refractivity contribution in [3.63, 3.8) is 0 Å². The monoisotopic (exact) mass is 254 g/mol. The summed E-state index contributed by atoms with van der Waals surface area (Å²) in [6, 6.07) is 0. The zero-order valence-corrected chi connectivity index (χ0v) is 10.3. The van der Waals surface area contributed by atoms with Gasteiger partial charge in [-0.1, -0.05) is 12.5 Å². The van der Waals surface area contributed by atoms with E-state index in [4.69, 9.17) is 0 Å². The Morgan fingerprint density at radius 2 is 1.50 bits per heavy atom. The van der Waals surface area contributed by atoms with E-state index in [2.05, 4.69) is 0 Å². The van der Waals surface area contributed by atoms with E-state index in [-0.39, 0.29) is 5.57 Å². The Balaban J connectivity index is 3.42. The van der Waals surface area contributed by atoms with Crippen LogP contribution in [0, 0.1) is 5.92 Å². The summed E-state index contributed by atoms with van der Waals surface area (Å²) >= 11 is 0. The maximum absolute atomic E-state index is 12.4. The summed E-state index contributed by atoms with van der Waals surface area (Å²) in [6.45, 7) is 6.19. The molecule has 1 aliphatic rings. The lowest BCUT2D eigenvalue weighted by atomic mass is 10.1. The van der Waals surface area contributed by atoms with Gasteiger partial charge in [-0.15, -0.1) is 0 Å². The summed E-state index contributed by atoms with van der Waals surface area (Å²) in [5, 5.41) is 0. The van der Waals surface area contributed by atoms with Crippen molar-refractivity contribution in [2.45, 2.75) is 33.2 Å². The third-order valence-corrected chi connectivity index (χ3v) is 5.01. The third-order valence-electron chi connectivity index (χ3n) is 3.16. The van der Waals surface area contributed by atoms with Crippen molar-refractivity contribution in [2.75, 3.05) is 0 Å². The van der Waals surface area contributed by atoms with Gasteiger partial charge in [0.25, 0.3) is 9.84 Å². The van der Waals surface area contributed by atoms with E-state index in [0.717, 1.165) is 0 Å². The van der Waals surface area contributed by atoms with Crippen LogP contribution in [0.15, 0.2) is 21.6 Å². The first kappa shape index (κ1) is 13.3. The molecule has 0 bridgehead atoms. The highest BCUT2D eigenvalue weighted by Gasteiger charge is 2.51. The van der Waals surface area contributed by atoms with Crippen molar-refractivity contribution < 1.29 is 21.6 Å². The molecule has 16 heavy (non-hydrogen) atoms. The Hall–Kier alpha value is -0.780. The number of rotatable bonds is 1. The van der Waals surface area contributed by atoms with E-state index in [1.54, 1.807) is 13.8 Å². The van der Waals surface area contributed by atoms with E-state index in [0.29, 0.717) is 11.1 Å². The normalized spacial score (nSPS) is 23.3. The van der Waals surface area contributed by atoms with E-state index < -0.39 is 26.2 Å². The fourth-order valence-corrected chi connectivity index (χ4v) is 3.33. The van der Waals surface area contributed by atoms with Gasteiger partial charge in [-0.05, 0) is 31.9 Å². The van der Waals surface area contributed by atoms with Crippen molar-refractivity contribution in [3.05, 3.63) is 21.6 Å². The molecular weight excluding hydrogens is 241 g/mol. The molecule has 0 fully saturated rings. The lowest BCUT2D eigenvalue weighted by Gasteiger charge is -2.15. The smallest absolute Gasteiger partial charge is 0.215 e. The molecule has 2 nitrogen and oxygen atoms in total. The van der Waals surface area contributed by atoms with Crippen molar-refractivity contribution in [2.24, 2.45) is 5.92 Å². The second-order valence-corrected chi connectivity index (χ2v) is 5.88. The van der Waals surface area contributed by atoms with Gasteiger partial charge in [0.05, 0.1) is 4.91 Å². The minimum atomic E-state index is -5.22. The Morgan fingerprint density at radius 1 is 1.06 bits per heavy atom. The number of alkyl halides is 3. The predicted molar refractivity (Wildman–Crippen MR) is 55.2 cm³/mol. The first-order valence-corrected chi connectivity index (χ1v) is 6.20. The van der Waals surface area contributed by atoms with Gasteiger partial charge in [-0.25, -0.2) is 8.42 Å². The minimum absolute atomic E-state index is 0.224. The second-order valence-electron chi connectivity index (χ2n) is 3.97. The SMILES string of the molecule is CC1=C(C)C(C)C(S(=O)(=O)C(F)(F)F)=C1C. The topological polar surface area (TPSA) is 34.1 Å². The fourth-order valence-electron chi connectivity index (χ4n) is 1.89. The van der Waals surface area contributed by atoms with Crippen LogP contribution in [0.1, 0.15) is 27.7 Å². The third kappa shape index (κ3) is 1.69. The molecule has 92 valence electrons. The van der Waals surface area contributed by atoms with Gasteiger partial charge >= 0.3 is 5.51 Å². The largest absolute Gasteiger partial charge is 0.501 e. The van der Waals surface area contributed by atoms with Crippen LogP contribution >= 0.6 is 0 Å². The molecule has 0 aromatic heterocycles. The Kier molecular flexibility index (Phi) is 3.00. The molecule has 0 radical (unpaired) electrons. The van der Waals surface area contributed by atoms with Crippen LogP contribution in [0.25, 0.3) is 0 Å². The van der Waals surface area contributed by atoms with Crippen molar-refractivity contribution in [1.82, 2.24) is 0 Å². The number of allylic oxidation sites excluding steroid dienone is 4. The first-order chi connectivity index (χ1) is 7.01. The Labute approximate surface area is 92.8 Å². The highest BCUT2D eigenvalue weighted by atomic mass is 32.2. The second kappa shape index (κ2) is 3.61. The van der Waals surface area contributed by atoms with Crippen LogP contribution in [-0.2, 0) is 9.84 Å². The van der Waals surface area contributed by atoms with Gasteiger partial charge in [0.15, 0.2) is 0 Å². The van der Waals surface area contributed by atoms with Gasteiger partial charge in [-0.3, -0.25) is 0 Å². The van der Waals surface area contributed by atoms with Crippen LogP contribution in [0.5, 0.6) is 0 Å². The molecule has 0 saturated heterocycles. The maximum atomic E-state index is 12.4. The van der Waals surface area contributed by atoms with Crippen LogP contribution in [0.2, 0.25) is 0 Å². The van der Waals surface area contributed by atoms with Gasteiger partial charge in [0.2, 0.25) is 0 Å². The van der Waals surface area contributed by atoms with Crippen molar-refractivity contribution >= 4 is 9.84 Å². The Morgan fingerprint density at radius 3 is 1.75 bits per heavy atom. The number of hydrogen-bond acceptors (Lipinski definition) is 2. The molecular formula is C10H13F3O2S. The molecule has 0 aliphatic heterocycles. The van der Waals surface area contributed by atoms with Crippen molar-refractivity contribution in [1.29, 1.82) is 0 Å². The summed E-state index contributed by atoms with van der Waals surface area (Å²) in [5.74, 6) is -0.688. The lowest BCUT2D eigenvalue weighted by Crippen LogP contribution is -2.27. The minimum Gasteiger partial charge on any atom is -0.215 e.